The van der Waals surface area contributed by atoms with Gasteiger partial charge in [-0.3, -0.25) is 10.3 Å². The predicted molar refractivity (Wildman–Crippen MR) is 84.8 cm³/mol. The topological polar surface area (TPSA) is 52.0 Å². The van der Waals surface area contributed by atoms with Crippen LogP contribution in [0.15, 0.2) is 24.5 Å². The van der Waals surface area contributed by atoms with Crippen LogP contribution in [0.25, 0.3) is 0 Å². The van der Waals surface area contributed by atoms with Gasteiger partial charge in [-0.1, -0.05) is 0 Å². The zero-order valence-corrected chi connectivity index (χ0v) is 13.3. The van der Waals surface area contributed by atoms with Gasteiger partial charge in [-0.2, -0.15) is 5.26 Å². The van der Waals surface area contributed by atoms with Gasteiger partial charge in [-0.15, -0.1) is 0 Å². The minimum absolute atomic E-state index is 0.332. The average molecular weight is 286 g/mol. The molecule has 4 heteroatoms. The Morgan fingerprint density at radius 3 is 2.62 bits per heavy atom. The minimum Gasteiger partial charge on any atom is -0.303 e. The van der Waals surface area contributed by atoms with Crippen LogP contribution < -0.4 is 5.32 Å². The minimum atomic E-state index is -0.388. The summed E-state index contributed by atoms with van der Waals surface area (Å²) in [4.78, 5) is 6.32. The standard InChI is InChI=1S/C17H26N4/c1-14(2)20-17(12-18,16-4-5-16)13-21(3)11-8-15-6-9-19-10-7-15/h6-7,9-10,14,16,20H,4-5,8,11,13H2,1-3H3. The van der Waals surface area contributed by atoms with E-state index in [2.05, 4.69) is 54.3 Å². The summed E-state index contributed by atoms with van der Waals surface area (Å²) >= 11 is 0. The van der Waals surface area contributed by atoms with Crippen LogP contribution in [-0.4, -0.2) is 41.6 Å². The van der Waals surface area contributed by atoms with Gasteiger partial charge in [0.2, 0.25) is 0 Å². The smallest absolute Gasteiger partial charge is 0.122 e. The Kier molecular flexibility index (Phi) is 5.33. The predicted octanol–water partition coefficient (Wildman–Crippen LogP) is 2.23. The van der Waals surface area contributed by atoms with Crippen molar-refractivity contribution in [1.29, 1.82) is 5.26 Å². The molecule has 4 nitrogen and oxygen atoms in total. The lowest BCUT2D eigenvalue weighted by Crippen LogP contribution is -2.56. The Hall–Kier alpha value is -1.44. The summed E-state index contributed by atoms with van der Waals surface area (Å²) in [6.07, 6.45) is 7.00. The van der Waals surface area contributed by atoms with Gasteiger partial charge in [-0.25, -0.2) is 0 Å². The molecule has 0 bridgehead atoms. The molecule has 0 aromatic carbocycles. The number of rotatable bonds is 8. The molecule has 1 atom stereocenters. The maximum absolute atomic E-state index is 9.72. The second kappa shape index (κ2) is 7.02. The molecule has 1 N–H and O–H groups in total. The van der Waals surface area contributed by atoms with Crippen molar-refractivity contribution in [2.75, 3.05) is 20.1 Å². The molecule has 1 aliphatic rings. The molecular weight excluding hydrogens is 260 g/mol. The van der Waals surface area contributed by atoms with Crippen LogP contribution in [-0.2, 0) is 6.42 Å². The molecule has 0 spiro atoms. The molecule has 1 aromatic heterocycles. The first kappa shape index (κ1) is 15.9. The van der Waals surface area contributed by atoms with Gasteiger partial charge < -0.3 is 4.90 Å². The highest BCUT2D eigenvalue weighted by Crippen LogP contribution is 2.40. The van der Waals surface area contributed by atoms with E-state index < -0.39 is 0 Å². The Labute approximate surface area is 128 Å². The third kappa shape index (κ3) is 4.52. The molecule has 0 saturated heterocycles. The van der Waals surface area contributed by atoms with E-state index in [-0.39, 0.29) is 5.54 Å². The van der Waals surface area contributed by atoms with E-state index in [1.165, 1.54) is 18.4 Å². The molecule has 114 valence electrons. The van der Waals surface area contributed by atoms with E-state index in [1.54, 1.807) is 0 Å². The summed E-state index contributed by atoms with van der Waals surface area (Å²) < 4.78 is 0. The van der Waals surface area contributed by atoms with E-state index in [4.69, 9.17) is 0 Å². The molecule has 2 rings (SSSR count). The lowest BCUT2D eigenvalue weighted by molar-refractivity contribution is 0.219. The van der Waals surface area contributed by atoms with Gasteiger partial charge >= 0.3 is 0 Å². The van der Waals surface area contributed by atoms with Gasteiger partial charge in [0.15, 0.2) is 0 Å². The number of hydrogen-bond donors (Lipinski definition) is 1. The first-order valence-corrected chi connectivity index (χ1v) is 7.82. The first-order chi connectivity index (χ1) is 10.1. The van der Waals surface area contributed by atoms with Crippen LogP contribution >= 0.6 is 0 Å². The quantitative estimate of drug-likeness (QED) is 0.796. The summed E-state index contributed by atoms with van der Waals surface area (Å²) in [6, 6.07) is 7.02. The van der Waals surface area contributed by atoms with Crippen molar-refractivity contribution >= 4 is 0 Å². The number of nitriles is 1. The average Bonchev–Trinajstić information content (AvgIpc) is 3.30. The zero-order chi connectivity index (χ0) is 15.3. The van der Waals surface area contributed by atoms with Crippen molar-refractivity contribution in [3.63, 3.8) is 0 Å². The summed E-state index contributed by atoms with van der Waals surface area (Å²) in [5.41, 5.74) is 0.906. The first-order valence-electron chi connectivity index (χ1n) is 7.82. The monoisotopic (exact) mass is 286 g/mol. The van der Waals surface area contributed by atoms with Crippen LogP contribution in [0.2, 0.25) is 0 Å². The molecule has 0 amide bonds. The van der Waals surface area contributed by atoms with E-state index in [0.29, 0.717) is 12.0 Å². The number of aromatic nitrogens is 1. The number of likely N-dealkylation sites (N-methyl/N-ethyl adjacent to an activating group) is 1. The fraction of sp³-hybridized carbons (Fsp3) is 0.647. The Bertz CT molecular complexity index is 475. The molecule has 1 saturated carbocycles. The third-order valence-corrected chi connectivity index (χ3v) is 4.07. The molecule has 0 radical (unpaired) electrons. The number of hydrogen-bond acceptors (Lipinski definition) is 4. The Balaban J connectivity index is 1.92. The molecular formula is C17H26N4. The van der Waals surface area contributed by atoms with E-state index in [0.717, 1.165) is 19.5 Å². The molecule has 0 aliphatic heterocycles. The van der Waals surface area contributed by atoms with E-state index in [1.807, 2.05) is 12.4 Å². The fourth-order valence-electron chi connectivity index (χ4n) is 2.92. The van der Waals surface area contributed by atoms with Crippen molar-refractivity contribution in [3.8, 4) is 6.07 Å². The molecule has 1 fully saturated rings. The van der Waals surface area contributed by atoms with Gasteiger partial charge in [0.25, 0.3) is 0 Å². The summed E-state index contributed by atoms with van der Waals surface area (Å²) in [5.74, 6) is 0.508. The maximum Gasteiger partial charge on any atom is 0.122 e. The van der Waals surface area contributed by atoms with Crippen molar-refractivity contribution in [2.45, 2.75) is 44.7 Å². The largest absolute Gasteiger partial charge is 0.303 e. The number of nitrogens with one attached hydrogen (secondary N) is 1. The number of nitrogens with zero attached hydrogens (tertiary/aromatic N) is 3. The van der Waals surface area contributed by atoms with Crippen molar-refractivity contribution in [2.24, 2.45) is 5.92 Å². The highest BCUT2D eigenvalue weighted by Gasteiger charge is 2.46. The van der Waals surface area contributed by atoms with Crippen molar-refractivity contribution < 1.29 is 0 Å². The van der Waals surface area contributed by atoms with E-state index in [9.17, 15) is 5.26 Å². The second-order valence-corrected chi connectivity index (χ2v) is 6.50. The van der Waals surface area contributed by atoms with Gasteiger partial charge in [0.05, 0.1) is 6.07 Å². The van der Waals surface area contributed by atoms with E-state index >= 15 is 0 Å². The molecule has 1 aliphatic carbocycles. The van der Waals surface area contributed by atoms with Gasteiger partial charge in [0, 0.05) is 31.5 Å². The molecule has 1 aromatic rings. The molecule has 1 unspecified atom stereocenters. The second-order valence-electron chi connectivity index (χ2n) is 6.50. The fourth-order valence-corrected chi connectivity index (χ4v) is 2.92. The maximum atomic E-state index is 9.72. The molecule has 1 heterocycles. The van der Waals surface area contributed by atoms with Crippen molar-refractivity contribution in [3.05, 3.63) is 30.1 Å². The Morgan fingerprint density at radius 2 is 2.10 bits per heavy atom. The highest BCUT2D eigenvalue weighted by molar-refractivity contribution is 5.17. The third-order valence-electron chi connectivity index (χ3n) is 4.07. The molecule has 21 heavy (non-hydrogen) atoms. The van der Waals surface area contributed by atoms with Gasteiger partial charge in [-0.05, 0) is 63.8 Å². The normalized spacial score (nSPS) is 17.7. The summed E-state index contributed by atoms with van der Waals surface area (Å²) in [6.45, 7) is 5.98. The SMILES string of the molecule is CC(C)NC(C#N)(CN(C)CCc1ccncc1)C1CC1. The number of pyridine rings is 1. The lowest BCUT2D eigenvalue weighted by Gasteiger charge is -2.34. The zero-order valence-electron chi connectivity index (χ0n) is 13.3. The summed E-state index contributed by atoms with van der Waals surface area (Å²) in [5, 5.41) is 13.2. The van der Waals surface area contributed by atoms with Crippen LogP contribution in [0, 0.1) is 17.2 Å². The summed E-state index contributed by atoms with van der Waals surface area (Å²) in [7, 11) is 2.11. The van der Waals surface area contributed by atoms with Crippen LogP contribution in [0.1, 0.15) is 32.3 Å². The van der Waals surface area contributed by atoms with Crippen LogP contribution in [0.3, 0.4) is 0 Å². The lowest BCUT2D eigenvalue weighted by atomic mass is 9.93. The van der Waals surface area contributed by atoms with Gasteiger partial charge in [0.1, 0.15) is 5.54 Å². The van der Waals surface area contributed by atoms with Crippen molar-refractivity contribution in [1.82, 2.24) is 15.2 Å². The Morgan fingerprint density at radius 1 is 1.43 bits per heavy atom. The highest BCUT2D eigenvalue weighted by atomic mass is 15.2. The van der Waals surface area contributed by atoms with Crippen LogP contribution in [0.5, 0.6) is 0 Å². The van der Waals surface area contributed by atoms with Crippen LogP contribution in [0.4, 0.5) is 0 Å².